The second-order valence-corrected chi connectivity index (χ2v) is 7.22. The van der Waals surface area contributed by atoms with E-state index in [2.05, 4.69) is 0 Å². The van der Waals surface area contributed by atoms with Gasteiger partial charge in [0.2, 0.25) is 11.8 Å². The molecule has 1 aliphatic heterocycles. The molecule has 1 saturated heterocycles. The fourth-order valence-corrected chi connectivity index (χ4v) is 3.51. The summed E-state index contributed by atoms with van der Waals surface area (Å²) in [5.74, 6) is -1.21. The highest BCUT2D eigenvalue weighted by Crippen LogP contribution is 2.25. The molecule has 0 N–H and O–H groups in total. The van der Waals surface area contributed by atoms with Gasteiger partial charge < -0.3 is 9.15 Å². The van der Waals surface area contributed by atoms with Crippen LogP contribution in [0, 0.1) is 13.8 Å². The standard InChI is InChI=1S/C23H19NO6/c1-13-6-7-18-16(11-21(27)30-22(18)14(13)2)12-29-23(28)15-4-3-5-17(10-15)24-19(25)8-9-20(24)26/h3-7,10-11H,8-9,12H2,1-2H3. The molecule has 1 aliphatic rings. The van der Waals surface area contributed by atoms with E-state index < -0.39 is 11.6 Å². The summed E-state index contributed by atoms with van der Waals surface area (Å²) in [4.78, 5) is 49.5. The molecule has 0 spiro atoms. The lowest BCUT2D eigenvalue weighted by Gasteiger charge is -2.15. The molecule has 1 aromatic heterocycles. The molecule has 1 fully saturated rings. The van der Waals surface area contributed by atoms with Gasteiger partial charge in [-0.25, -0.2) is 9.59 Å². The summed E-state index contributed by atoms with van der Waals surface area (Å²) in [6.45, 7) is 3.67. The zero-order valence-electron chi connectivity index (χ0n) is 16.6. The molecule has 152 valence electrons. The zero-order chi connectivity index (χ0) is 21.4. The van der Waals surface area contributed by atoms with Crippen LogP contribution in [0.5, 0.6) is 0 Å². The van der Waals surface area contributed by atoms with Crippen LogP contribution in [0.1, 0.15) is 39.9 Å². The Bertz CT molecular complexity index is 1240. The number of carbonyl (C=O) groups is 3. The minimum atomic E-state index is -0.624. The quantitative estimate of drug-likeness (QED) is 0.375. The van der Waals surface area contributed by atoms with Gasteiger partial charge in [0.25, 0.3) is 0 Å². The minimum Gasteiger partial charge on any atom is -0.457 e. The van der Waals surface area contributed by atoms with Crippen molar-refractivity contribution in [2.75, 3.05) is 4.90 Å². The molecule has 30 heavy (non-hydrogen) atoms. The molecule has 4 rings (SSSR count). The topological polar surface area (TPSA) is 93.9 Å². The molecular formula is C23H19NO6. The predicted octanol–water partition coefficient (Wildman–Crippen LogP) is 3.42. The van der Waals surface area contributed by atoms with Crippen molar-refractivity contribution in [2.45, 2.75) is 33.3 Å². The molecule has 0 atom stereocenters. The molecular weight excluding hydrogens is 386 g/mol. The van der Waals surface area contributed by atoms with E-state index in [1.807, 2.05) is 26.0 Å². The molecule has 0 unspecified atom stereocenters. The Kier molecular flexibility index (Phi) is 4.95. The van der Waals surface area contributed by atoms with Gasteiger partial charge >= 0.3 is 11.6 Å². The number of carbonyl (C=O) groups excluding carboxylic acids is 3. The third kappa shape index (κ3) is 3.50. The number of fused-ring (bicyclic) bond motifs is 1. The number of amides is 2. The molecule has 2 amide bonds. The molecule has 0 bridgehead atoms. The molecule has 7 nitrogen and oxygen atoms in total. The number of hydrogen-bond acceptors (Lipinski definition) is 6. The van der Waals surface area contributed by atoms with E-state index in [1.165, 1.54) is 12.1 Å². The monoisotopic (exact) mass is 405 g/mol. The van der Waals surface area contributed by atoms with Gasteiger partial charge in [0.15, 0.2) is 0 Å². The normalized spacial score (nSPS) is 13.9. The number of esters is 1. The molecule has 7 heteroatoms. The number of rotatable bonds is 4. The summed E-state index contributed by atoms with van der Waals surface area (Å²) in [5.41, 5.74) is 2.89. The predicted molar refractivity (Wildman–Crippen MR) is 109 cm³/mol. The van der Waals surface area contributed by atoms with Crippen molar-refractivity contribution in [3.63, 3.8) is 0 Å². The first kappa shape index (κ1) is 19.6. The Hall–Kier alpha value is -3.74. The number of anilines is 1. The van der Waals surface area contributed by atoms with Gasteiger partial charge in [0.05, 0.1) is 11.3 Å². The number of hydrogen-bond donors (Lipinski definition) is 0. The first-order valence-electron chi connectivity index (χ1n) is 9.51. The highest BCUT2D eigenvalue weighted by Gasteiger charge is 2.30. The van der Waals surface area contributed by atoms with Gasteiger partial charge in [-0.3, -0.25) is 14.5 Å². The molecule has 2 heterocycles. The first-order chi connectivity index (χ1) is 14.3. The van der Waals surface area contributed by atoms with Gasteiger partial charge in [0, 0.05) is 29.9 Å². The van der Waals surface area contributed by atoms with Crippen molar-refractivity contribution < 1.29 is 23.5 Å². The van der Waals surface area contributed by atoms with Crippen molar-refractivity contribution in [1.29, 1.82) is 0 Å². The summed E-state index contributed by atoms with van der Waals surface area (Å²) in [6.07, 6.45) is 0.326. The van der Waals surface area contributed by atoms with E-state index in [9.17, 15) is 19.2 Å². The van der Waals surface area contributed by atoms with Crippen LogP contribution in [0.25, 0.3) is 11.0 Å². The Morgan fingerprint density at radius 3 is 2.50 bits per heavy atom. The zero-order valence-corrected chi connectivity index (χ0v) is 16.6. The first-order valence-corrected chi connectivity index (χ1v) is 9.51. The SMILES string of the molecule is Cc1ccc2c(COC(=O)c3cccc(N4C(=O)CCC4=O)c3)cc(=O)oc2c1C. The largest absolute Gasteiger partial charge is 0.457 e. The van der Waals surface area contributed by atoms with Crippen LogP contribution in [-0.2, 0) is 20.9 Å². The maximum atomic E-state index is 12.6. The average Bonchev–Trinajstić information content (AvgIpc) is 3.07. The summed E-state index contributed by atoms with van der Waals surface area (Å²) in [7, 11) is 0. The van der Waals surface area contributed by atoms with Gasteiger partial charge in [0.1, 0.15) is 12.2 Å². The van der Waals surface area contributed by atoms with E-state index in [4.69, 9.17) is 9.15 Å². The summed E-state index contributed by atoms with van der Waals surface area (Å²) in [6, 6.07) is 11.2. The van der Waals surface area contributed by atoms with Crippen molar-refractivity contribution in [2.24, 2.45) is 0 Å². The van der Waals surface area contributed by atoms with Crippen LogP contribution >= 0.6 is 0 Å². The molecule has 3 aromatic rings. The Morgan fingerprint density at radius 2 is 1.77 bits per heavy atom. The lowest BCUT2D eigenvalue weighted by Crippen LogP contribution is -2.28. The number of ether oxygens (including phenoxy) is 1. The van der Waals surface area contributed by atoms with Crippen LogP contribution in [0.4, 0.5) is 5.69 Å². The van der Waals surface area contributed by atoms with Crippen LogP contribution in [0.15, 0.2) is 51.7 Å². The maximum absolute atomic E-state index is 12.6. The highest BCUT2D eigenvalue weighted by atomic mass is 16.5. The number of benzene rings is 2. The van der Waals surface area contributed by atoms with E-state index in [0.29, 0.717) is 22.2 Å². The van der Waals surface area contributed by atoms with Crippen molar-refractivity contribution in [1.82, 2.24) is 0 Å². The number of nitrogens with zero attached hydrogens (tertiary/aromatic N) is 1. The minimum absolute atomic E-state index is 0.116. The van der Waals surface area contributed by atoms with Gasteiger partial charge in [-0.2, -0.15) is 0 Å². The second-order valence-electron chi connectivity index (χ2n) is 7.22. The third-order valence-corrected chi connectivity index (χ3v) is 5.27. The van der Waals surface area contributed by atoms with Gasteiger partial charge in [-0.05, 0) is 43.2 Å². The van der Waals surface area contributed by atoms with Crippen molar-refractivity contribution in [3.05, 3.63) is 75.1 Å². The van der Waals surface area contributed by atoms with Crippen LogP contribution in [-0.4, -0.2) is 17.8 Å². The summed E-state index contributed by atoms with van der Waals surface area (Å²) >= 11 is 0. The third-order valence-electron chi connectivity index (χ3n) is 5.27. The van der Waals surface area contributed by atoms with E-state index in [1.54, 1.807) is 18.2 Å². The van der Waals surface area contributed by atoms with Gasteiger partial charge in [-0.1, -0.05) is 18.2 Å². The molecule has 0 radical (unpaired) electrons. The highest BCUT2D eigenvalue weighted by molar-refractivity contribution is 6.20. The van der Waals surface area contributed by atoms with E-state index in [0.717, 1.165) is 16.0 Å². The number of imide groups is 1. The average molecular weight is 405 g/mol. The van der Waals surface area contributed by atoms with Crippen LogP contribution in [0.3, 0.4) is 0 Å². The fourth-order valence-electron chi connectivity index (χ4n) is 3.51. The van der Waals surface area contributed by atoms with Crippen molar-refractivity contribution >= 4 is 34.4 Å². The smallest absolute Gasteiger partial charge is 0.338 e. The second kappa shape index (κ2) is 7.59. The summed E-state index contributed by atoms with van der Waals surface area (Å²) < 4.78 is 10.7. The number of aryl methyl sites for hydroxylation is 2. The lowest BCUT2D eigenvalue weighted by molar-refractivity contribution is -0.121. The van der Waals surface area contributed by atoms with E-state index >= 15 is 0 Å². The van der Waals surface area contributed by atoms with Gasteiger partial charge in [-0.15, -0.1) is 0 Å². The molecule has 0 aliphatic carbocycles. The van der Waals surface area contributed by atoms with Crippen LogP contribution in [0.2, 0.25) is 0 Å². The Morgan fingerprint density at radius 1 is 1.03 bits per heavy atom. The fraction of sp³-hybridized carbons (Fsp3) is 0.217. The summed E-state index contributed by atoms with van der Waals surface area (Å²) in [5, 5.41) is 0.701. The molecule has 0 saturated carbocycles. The maximum Gasteiger partial charge on any atom is 0.338 e. The Balaban J connectivity index is 1.58. The van der Waals surface area contributed by atoms with E-state index in [-0.39, 0.29) is 36.8 Å². The lowest BCUT2D eigenvalue weighted by atomic mass is 10.0. The van der Waals surface area contributed by atoms with Crippen molar-refractivity contribution in [3.8, 4) is 0 Å². The Labute approximate surface area is 171 Å². The van der Waals surface area contributed by atoms with Crippen LogP contribution < -0.4 is 10.5 Å². The molecule has 2 aromatic carbocycles.